The predicted molar refractivity (Wildman–Crippen MR) is 44.4 cm³/mol. The third kappa shape index (κ3) is 3.45. The Hall–Kier alpha value is 0.284. The second-order valence-electron chi connectivity index (χ2n) is 3.35. The van der Waals surface area contributed by atoms with Crippen LogP contribution in [0.15, 0.2) is 0 Å². The summed E-state index contributed by atoms with van der Waals surface area (Å²) in [6.07, 6.45) is 0. The average Bonchev–Trinajstić information content (AvgIpc) is 1.60. The van der Waals surface area contributed by atoms with Crippen LogP contribution in [0.3, 0.4) is 0 Å². The van der Waals surface area contributed by atoms with Crippen LogP contribution in [0, 0.1) is 0 Å². The van der Waals surface area contributed by atoms with Crippen LogP contribution in [-0.2, 0) is 9.22 Å². The summed E-state index contributed by atoms with van der Waals surface area (Å²) in [5.74, 6) is -0.148. The van der Waals surface area contributed by atoms with E-state index in [0.717, 1.165) is 0 Å². The van der Waals surface area contributed by atoms with Gasteiger partial charge in [0.15, 0.2) is 0 Å². The molecule has 2 nitrogen and oxygen atoms in total. The van der Waals surface area contributed by atoms with Crippen molar-refractivity contribution in [1.82, 2.24) is 0 Å². The number of carbonyl (C=O) groups excluding carboxylic acids is 1. The predicted octanol–water partition coefficient (Wildman–Crippen LogP) is 1.27. The molecule has 0 aromatic rings. The maximum atomic E-state index is 10.6. The van der Waals surface area contributed by atoms with Gasteiger partial charge in [-0.2, -0.15) is 0 Å². The van der Waals surface area contributed by atoms with Crippen molar-refractivity contribution in [2.75, 3.05) is 0 Å². The molecule has 1 unspecified atom stereocenters. The molecule has 0 bridgehead atoms. The zero-order chi connectivity index (χ0) is 8.36. The van der Waals surface area contributed by atoms with Crippen molar-refractivity contribution in [3.05, 3.63) is 0 Å². The van der Waals surface area contributed by atoms with Crippen LogP contribution in [0.1, 0.15) is 13.8 Å². The minimum atomic E-state index is -1.69. The Morgan fingerprint density at radius 3 is 2.10 bits per heavy atom. The van der Waals surface area contributed by atoms with Gasteiger partial charge in [0.2, 0.25) is 0 Å². The third-order valence-corrected chi connectivity index (χ3v) is 5.39. The van der Waals surface area contributed by atoms with Gasteiger partial charge in [0.1, 0.15) is 0 Å². The van der Waals surface area contributed by atoms with Gasteiger partial charge < -0.3 is 0 Å². The van der Waals surface area contributed by atoms with Crippen LogP contribution < -0.4 is 0 Å². The van der Waals surface area contributed by atoms with E-state index in [2.05, 4.69) is 37.7 Å². The Labute approximate surface area is 72.7 Å². The van der Waals surface area contributed by atoms with E-state index in [1.807, 2.05) is 0 Å². The van der Waals surface area contributed by atoms with Crippen LogP contribution in [0.5, 0.6) is 0 Å². The molecule has 0 heterocycles. The first-order chi connectivity index (χ1) is 4.36. The molecule has 0 aromatic heterocycles. The SMILES string of the molecule is [Li][CH](C)[Si](C)(C)OC(C)=O. The Kier molecular flexibility index (Phi) is 3.71. The molecular weight excluding hydrogens is 139 g/mol. The van der Waals surface area contributed by atoms with E-state index in [4.69, 9.17) is 4.43 Å². The van der Waals surface area contributed by atoms with Gasteiger partial charge in [-0.15, -0.1) is 0 Å². The summed E-state index contributed by atoms with van der Waals surface area (Å²) >= 11 is 2.09. The van der Waals surface area contributed by atoms with Crippen molar-refractivity contribution >= 4 is 32.0 Å². The van der Waals surface area contributed by atoms with Crippen molar-refractivity contribution in [2.45, 2.75) is 31.2 Å². The van der Waals surface area contributed by atoms with Gasteiger partial charge in [-0.1, -0.05) is 0 Å². The number of carbonyl (C=O) groups is 1. The normalized spacial score (nSPS) is 14.6. The van der Waals surface area contributed by atoms with E-state index in [1.54, 1.807) is 0 Å². The Morgan fingerprint density at radius 2 is 2.00 bits per heavy atom. The summed E-state index contributed by atoms with van der Waals surface area (Å²) in [5, 5.41) is 0. The van der Waals surface area contributed by atoms with Crippen molar-refractivity contribution < 1.29 is 9.22 Å². The summed E-state index contributed by atoms with van der Waals surface area (Å²) in [5.41, 5.74) is 0. The van der Waals surface area contributed by atoms with Crippen molar-refractivity contribution in [2.24, 2.45) is 0 Å². The molecule has 0 N–H and O–H groups in total. The zero-order valence-electron chi connectivity index (χ0n) is 7.39. The van der Waals surface area contributed by atoms with Crippen molar-refractivity contribution in [3.63, 3.8) is 0 Å². The topological polar surface area (TPSA) is 26.3 Å². The summed E-state index contributed by atoms with van der Waals surface area (Å²) in [7, 11) is -1.69. The Balaban J connectivity index is 3.99. The second kappa shape index (κ2) is 3.61. The van der Waals surface area contributed by atoms with Gasteiger partial charge >= 0.3 is 72.4 Å². The van der Waals surface area contributed by atoms with E-state index in [0.29, 0.717) is 4.21 Å². The molecule has 0 saturated carbocycles. The molecule has 10 heavy (non-hydrogen) atoms. The zero-order valence-corrected chi connectivity index (χ0v) is 8.39. The fourth-order valence-electron chi connectivity index (χ4n) is 0.488. The molecule has 0 radical (unpaired) electrons. The number of hydrogen-bond acceptors (Lipinski definition) is 2. The van der Waals surface area contributed by atoms with Gasteiger partial charge in [0.25, 0.3) is 0 Å². The fraction of sp³-hybridized carbons (Fsp3) is 0.833. The van der Waals surface area contributed by atoms with Crippen molar-refractivity contribution in [3.8, 4) is 0 Å². The van der Waals surface area contributed by atoms with Gasteiger partial charge in [-0.3, -0.25) is 0 Å². The summed E-state index contributed by atoms with van der Waals surface area (Å²) in [6.45, 7) is 7.67. The van der Waals surface area contributed by atoms with E-state index in [9.17, 15) is 4.79 Å². The van der Waals surface area contributed by atoms with E-state index in [-0.39, 0.29) is 5.97 Å². The Morgan fingerprint density at radius 1 is 1.60 bits per heavy atom. The molecule has 0 aliphatic heterocycles. The molecule has 54 valence electrons. The third-order valence-electron chi connectivity index (χ3n) is 1.80. The standard InChI is InChI=1S/C6H13O2Si.Li/c1-5-9(3,4)8-6(2)7;/h5H,1-4H3;. The first kappa shape index (κ1) is 10.3. The molecule has 0 spiro atoms. The van der Waals surface area contributed by atoms with Crippen LogP contribution >= 0.6 is 0 Å². The van der Waals surface area contributed by atoms with Gasteiger partial charge in [0, 0.05) is 0 Å². The van der Waals surface area contributed by atoms with Gasteiger partial charge in [0.05, 0.1) is 0 Å². The molecule has 0 aliphatic rings. The fourth-order valence-corrected chi connectivity index (χ4v) is 1.46. The van der Waals surface area contributed by atoms with E-state index < -0.39 is 8.32 Å². The quantitative estimate of drug-likeness (QED) is 0.557. The van der Waals surface area contributed by atoms with Gasteiger partial charge in [-0.25, -0.2) is 0 Å². The first-order valence-electron chi connectivity index (χ1n) is 3.56. The first-order valence-corrected chi connectivity index (χ1v) is 6.54. The minimum absolute atomic E-state index is 0.148. The molecule has 0 aliphatic carbocycles. The molecule has 0 rings (SSSR count). The summed E-state index contributed by atoms with van der Waals surface area (Å²) in [6, 6.07) is 0. The average molecular weight is 152 g/mol. The number of hydrogen-bond donors (Lipinski definition) is 0. The van der Waals surface area contributed by atoms with Crippen LogP contribution in [0.25, 0.3) is 0 Å². The van der Waals surface area contributed by atoms with Crippen LogP contribution in [0.4, 0.5) is 0 Å². The molecule has 1 atom stereocenters. The second-order valence-corrected chi connectivity index (χ2v) is 7.92. The summed E-state index contributed by atoms with van der Waals surface area (Å²) < 4.78 is 5.70. The molecule has 0 saturated heterocycles. The maximum absolute atomic E-state index is 10.6. The molecular formula is C6H13LiO2Si. The van der Waals surface area contributed by atoms with Gasteiger partial charge in [-0.05, 0) is 0 Å². The van der Waals surface area contributed by atoms with Crippen LogP contribution in [0.2, 0.25) is 17.3 Å². The van der Waals surface area contributed by atoms with E-state index >= 15 is 0 Å². The van der Waals surface area contributed by atoms with E-state index in [1.165, 1.54) is 6.92 Å². The monoisotopic (exact) mass is 152 g/mol. The molecule has 0 aromatic carbocycles. The summed E-state index contributed by atoms with van der Waals surface area (Å²) in [4.78, 5) is 10.6. The molecule has 0 fully saturated rings. The van der Waals surface area contributed by atoms with Crippen molar-refractivity contribution in [1.29, 1.82) is 0 Å². The number of rotatable bonds is 2. The Bertz CT molecular complexity index is 134. The van der Waals surface area contributed by atoms with Crippen LogP contribution in [-0.4, -0.2) is 32.0 Å². The molecule has 4 heteroatoms. The molecule has 0 amide bonds.